The molecule has 18 heavy (non-hydrogen) atoms. The van der Waals surface area contributed by atoms with E-state index in [1.165, 1.54) is 25.2 Å². The molecule has 6 nitrogen and oxygen atoms in total. The molecule has 1 aliphatic heterocycles. The average Bonchev–Trinajstić information content (AvgIpc) is 2.40. The maximum Gasteiger partial charge on any atom is 0.249 e. The van der Waals surface area contributed by atoms with Gasteiger partial charge in [0.2, 0.25) is 11.9 Å². The zero-order chi connectivity index (χ0) is 12.8. The fraction of sp³-hybridized carbons (Fsp3) is 0.667. The van der Waals surface area contributed by atoms with E-state index in [-0.39, 0.29) is 11.9 Å². The monoisotopic (exact) mass is 249 g/mol. The van der Waals surface area contributed by atoms with Gasteiger partial charge in [0.05, 0.1) is 12.4 Å². The van der Waals surface area contributed by atoms with Crippen molar-refractivity contribution in [2.75, 3.05) is 18.4 Å². The Morgan fingerprint density at radius 3 is 3.17 bits per heavy atom. The van der Waals surface area contributed by atoms with Crippen LogP contribution < -0.4 is 10.6 Å². The highest BCUT2D eigenvalue weighted by Gasteiger charge is 2.22. The quantitative estimate of drug-likeness (QED) is 0.826. The molecule has 2 heterocycles. The molecule has 1 aliphatic rings. The zero-order valence-corrected chi connectivity index (χ0v) is 10.6. The molecular weight excluding hydrogens is 230 g/mol. The largest absolute Gasteiger partial charge is 0.316 e. The van der Waals surface area contributed by atoms with Gasteiger partial charge in [-0.2, -0.15) is 5.10 Å². The Morgan fingerprint density at radius 1 is 1.61 bits per heavy atom. The smallest absolute Gasteiger partial charge is 0.249 e. The van der Waals surface area contributed by atoms with E-state index in [4.69, 9.17) is 0 Å². The highest BCUT2D eigenvalue weighted by Crippen LogP contribution is 2.22. The summed E-state index contributed by atoms with van der Waals surface area (Å²) in [7, 11) is 0. The highest BCUT2D eigenvalue weighted by molar-refractivity contribution is 5.88. The SMILES string of the molecule is CC(CC(=O)Nc1nccnn1)C1CCCNC1. The third kappa shape index (κ3) is 3.73. The van der Waals surface area contributed by atoms with Crippen LogP contribution in [0.5, 0.6) is 0 Å². The first-order valence-corrected chi connectivity index (χ1v) is 6.40. The van der Waals surface area contributed by atoms with Gasteiger partial charge >= 0.3 is 0 Å². The molecule has 0 saturated carbocycles. The molecule has 6 heteroatoms. The Bertz CT molecular complexity index is 377. The van der Waals surface area contributed by atoms with Crippen LogP contribution in [-0.4, -0.2) is 34.2 Å². The highest BCUT2D eigenvalue weighted by atomic mass is 16.1. The van der Waals surface area contributed by atoms with E-state index in [2.05, 4.69) is 32.7 Å². The van der Waals surface area contributed by atoms with Crippen molar-refractivity contribution in [1.82, 2.24) is 20.5 Å². The molecule has 2 atom stereocenters. The lowest BCUT2D eigenvalue weighted by atomic mass is 9.85. The summed E-state index contributed by atoms with van der Waals surface area (Å²) in [5.74, 6) is 1.19. The number of piperidine rings is 1. The Morgan fingerprint density at radius 2 is 2.50 bits per heavy atom. The van der Waals surface area contributed by atoms with E-state index in [1.54, 1.807) is 0 Å². The molecule has 2 N–H and O–H groups in total. The molecule has 1 saturated heterocycles. The van der Waals surface area contributed by atoms with Gasteiger partial charge in [-0.1, -0.05) is 6.92 Å². The number of nitrogens with zero attached hydrogens (tertiary/aromatic N) is 3. The van der Waals surface area contributed by atoms with Crippen molar-refractivity contribution in [1.29, 1.82) is 0 Å². The lowest BCUT2D eigenvalue weighted by molar-refractivity contribution is -0.117. The lowest BCUT2D eigenvalue weighted by Crippen LogP contribution is -2.34. The van der Waals surface area contributed by atoms with Crippen LogP contribution in [0.2, 0.25) is 0 Å². The summed E-state index contributed by atoms with van der Waals surface area (Å²) in [4.78, 5) is 15.7. The van der Waals surface area contributed by atoms with Gasteiger partial charge in [0.25, 0.3) is 0 Å². The zero-order valence-electron chi connectivity index (χ0n) is 10.6. The Labute approximate surface area is 107 Å². The molecule has 2 unspecified atom stereocenters. The van der Waals surface area contributed by atoms with E-state index >= 15 is 0 Å². The minimum Gasteiger partial charge on any atom is -0.316 e. The van der Waals surface area contributed by atoms with Gasteiger partial charge in [-0.25, -0.2) is 4.98 Å². The fourth-order valence-electron chi connectivity index (χ4n) is 2.30. The number of hydrogen-bond donors (Lipinski definition) is 2. The number of amides is 1. The number of anilines is 1. The standard InChI is InChI=1S/C12H19N5O/c1-9(10-3-2-4-13-8-10)7-11(18)16-12-14-5-6-15-17-12/h5-6,9-10,13H,2-4,7-8H2,1H3,(H,14,16,17,18). The molecule has 98 valence electrons. The number of hydrogen-bond acceptors (Lipinski definition) is 5. The second kappa shape index (κ2) is 6.39. The molecular formula is C12H19N5O. The maximum absolute atomic E-state index is 11.8. The first-order valence-electron chi connectivity index (χ1n) is 6.40. The molecule has 0 aromatic carbocycles. The molecule has 0 aliphatic carbocycles. The van der Waals surface area contributed by atoms with Crippen LogP contribution in [0.4, 0.5) is 5.95 Å². The average molecular weight is 249 g/mol. The van der Waals surface area contributed by atoms with Crippen LogP contribution in [0.3, 0.4) is 0 Å². The summed E-state index contributed by atoms with van der Waals surface area (Å²) in [5, 5.41) is 13.4. The molecule has 0 spiro atoms. The van der Waals surface area contributed by atoms with Gasteiger partial charge in [0, 0.05) is 6.42 Å². The molecule has 1 fully saturated rings. The van der Waals surface area contributed by atoms with Crippen molar-refractivity contribution in [2.45, 2.75) is 26.2 Å². The van der Waals surface area contributed by atoms with Gasteiger partial charge in [-0.3, -0.25) is 10.1 Å². The van der Waals surface area contributed by atoms with Gasteiger partial charge < -0.3 is 5.32 Å². The summed E-state index contributed by atoms with van der Waals surface area (Å²) in [6, 6.07) is 0. The molecule has 1 aromatic rings. The summed E-state index contributed by atoms with van der Waals surface area (Å²) in [5.41, 5.74) is 0. The molecule has 0 bridgehead atoms. The second-order valence-corrected chi connectivity index (χ2v) is 4.80. The van der Waals surface area contributed by atoms with E-state index in [0.717, 1.165) is 13.1 Å². The Hall–Kier alpha value is -1.56. The topological polar surface area (TPSA) is 79.8 Å². The van der Waals surface area contributed by atoms with E-state index < -0.39 is 0 Å². The molecule has 2 rings (SSSR count). The number of carbonyl (C=O) groups is 1. The number of carbonyl (C=O) groups excluding carboxylic acids is 1. The first kappa shape index (κ1) is 12.9. The van der Waals surface area contributed by atoms with Crippen molar-refractivity contribution in [2.24, 2.45) is 11.8 Å². The van der Waals surface area contributed by atoms with Crippen LogP contribution in [0, 0.1) is 11.8 Å². The van der Waals surface area contributed by atoms with Crippen LogP contribution in [0.1, 0.15) is 26.2 Å². The molecule has 1 aromatic heterocycles. The van der Waals surface area contributed by atoms with Gasteiger partial charge in [0.1, 0.15) is 0 Å². The summed E-state index contributed by atoms with van der Waals surface area (Å²) in [6.45, 7) is 4.23. The third-order valence-electron chi connectivity index (χ3n) is 3.38. The number of rotatable bonds is 4. The Kier molecular flexibility index (Phi) is 4.58. The van der Waals surface area contributed by atoms with Crippen LogP contribution in [0.25, 0.3) is 0 Å². The number of aromatic nitrogens is 3. The van der Waals surface area contributed by atoms with Crippen molar-refractivity contribution in [3.63, 3.8) is 0 Å². The minimum atomic E-state index is -0.0407. The van der Waals surface area contributed by atoms with E-state index in [9.17, 15) is 4.79 Å². The summed E-state index contributed by atoms with van der Waals surface area (Å²) in [6.07, 6.45) is 5.89. The number of nitrogens with one attached hydrogen (secondary N) is 2. The normalized spacial score (nSPS) is 21.3. The predicted molar refractivity (Wildman–Crippen MR) is 67.8 cm³/mol. The summed E-state index contributed by atoms with van der Waals surface area (Å²) < 4.78 is 0. The van der Waals surface area contributed by atoms with Crippen molar-refractivity contribution in [3.05, 3.63) is 12.4 Å². The Balaban J connectivity index is 1.79. The minimum absolute atomic E-state index is 0.0407. The van der Waals surface area contributed by atoms with Crippen LogP contribution in [0.15, 0.2) is 12.4 Å². The van der Waals surface area contributed by atoms with Gasteiger partial charge in [0.15, 0.2) is 0 Å². The van der Waals surface area contributed by atoms with Gasteiger partial charge in [-0.15, -0.1) is 5.10 Å². The van der Waals surface area contributed by atoms with E-state index in [1.807, 2.05) is 0 Å². The molecule has 0 radical (unpaired) electrons. The van der Waals surface area contributed by atoms with Crippen LogP contribution >= 0.6 is 0 Å². The van der Waals surface area contributed by atoms with Crippen molar-refractivity contribution >= 4 is 11.9 Å². The second-order valence-electron chi connectivity index (χ2n) is 4.80. The van der Waals surface area contributed by atoms with Gasteiger partial charge in [-0.05, 0) is 37.8 Å². The predicted octanol–water partition coefficient (Wildman–Crippen LogP) is 0.836. The van der Waals surface area contributed by atoms with Crippen LogP contribution in [-0.2, 0) is 4.79 Å². The summed E-state index contributed by atoms with van der Waals surface area (Å²) >= 11 is 0. The fourth-order valence-corrected chi connectivity index (χ4v) is 2.30. The van der Waals surface area contributed by atoms with E-state index in [0.29, 0.717) is 18.3 Å². The van der Waals surface area contributed by atoms with Crippen molar-refractivity contribution < 1.29 is 4.79 Å². The third-order valence-corrected chi connectivity index (χ3v) is 3.38. The maximum atomic E-state index is 11.8. The molecule has 1 amide bonds. The van der Waals surface area contributed by atoms with Crippen molar-refractivity contribution in [3.8, 4) is 0 Å². The first-order chi connectivity index (χ1) is 8.75. The lowest BCUT2D eigenvalue weighted by Gasteiger charge is -2.27.